The molecule has 3 heterocycles. The summed E-state index contributed by atoms with van der Waals surface area (Å²) in [5.41, 5.74) is 0.180. The molecule has 0 spiro atoms. The van der Waals surface area contributed by atoms with E-state index in [4.69, 9.17) is 5.11 Å². The molecule has 0 radical (unpaired) electrons. The summed E-state index contributed by atoms with van der Waals surface area (Å²) in [6.45, 7) is 0.885. The lowest BCUT2D eigenvalue weighted by molar-refractivity contribution is 0.0491. The van der Waals surface area contributed by atoms with Gasteiger partial charge in [0.1, 0.15) is 5.69 Å². The fraction of sp³-hybridized carbons (Fsp3) is 0.273. The number of carboxylic acid groups (broad SMARTS) is 1. The number of rotatable bonds is 3. The van der Waals surface area contributed by atoms with E-state index in [0.29, 0.717) is 13.1 Å². The molecule has 102 valence electrons. The molecule has 1 aliphatic heterocycles. The predicted molar refractivity (Wildman–Crippen MR) is 64.0 cm³/mol. The summed E-state index contributed by atoms with van der Waals surface area (Å²) >= 11 is 0. The van der Waals surface area contributed by atoms with Crippen molar-refractivity contribution in [3.8, 4) is 0 Å². The van der Waals surface area contributed by atoms with Crippen LogP contribution in [0.25, 0.3) is 0 Å². The normalized spacial score (nSPS) is 14.9. The standard InChI is InChI=1S/C11H10N6O3/c18-10(8-3-12-1-2-13-8)16-4-7(5-16)17-6-9(11(19)20)14-15-17/h1-3,6-7H,4-5H2,(H,19,20). The zero-order valence-electron chi connectivity index (χ0n) is 10.2. The van der Waals surface area contributed by atoms with Crippen LogP contribution < -0.4 is 0 Å². The summed E-state index contributed by atoms with van der Waals surface area (Å²) in [5.74, 6) is -1.32. The van der Waals surface area contributed by atoms with Crippen molar-refractivity contribution in [2.24, 2.45) is 0 Å². The van der Waals surface area contributed by atoms with Gasteiger partial charge in [-0.2, -0.15) is 0 Å². The molecule has 1 amide bonds. The van der Waals surface area contributed by atoms with Crippen molar-refractivity contribution >= 4 is 11.9 Å². The highest BCUT2D eigenvalue weighted by atomic mass is 16.4. The van der Waals surface area contributed by atoms with Crippen LogP contribution >= 0.6 is 0 Å². The Morgan fingerprint density at radius 1 is 1.25 bits per heavy atom. The van der Waals surface area contributed by atoms with Crippen LogP contribution in [0, 0.1) is 0 Å². The Hall–Kier alpha value is -2.84. The van der Waals surface area contributed by atoms with Gasteiger partial charge in [-0.25, -0.2) is 14.5 Å². The Kier molecular flexibility index (Phi) is 2.86. The number of likely N-dealkylation sites (tertiary alicyclic amines) is 1. The third-order valence-electron chi connectivity index (χ3n) is 3.04. The van der Waals surface area contributed by atoms with Crippen LogP contribution in [0.4, 0.5) is 0 Å². The first-order chi connectivity index (χ1) is 9.65. The van der Waals surface area contributed by atoms with Gasteiger partial charge in [-0.15, -0.1) is 5.10 Å². The van der Waals surface area contributed by atoms with Crippen LogP contribution in [-0.4, -0.2) is 59.9 Å². The number of carboxylic acids is 1. The number of nitrogens with zero attached hydrogens (tertiary/aromatic N) is 6. The van der Waals surface area contributed by atoms with Gasteiger partial charge in [-0.3, -0.25) is 9.78 Å². The van der Waals surface area contributed by atoms with Crippen LogP contribution in [0.15, 0.2) is 24.8 Å². The molecule has 0 atom stereocenters. The minimum atomic E-state index is -1.12. The molecule has 1 fully saturated rings. The molecule has 2 aromatic heterocycles. The second kappa shape index (κ2) is 4.68. The quantitative estimate of drug-likeness (QED) is 0.799. The average molecular weight is 274 g/mol. The summed E-state index contributed by atoms with van der Waals surface area (Å²) in [7, 11) is 0. The van der Waals surface area contributed by atoms with Gasteiger partial charge in [0.05, 0.1) is 18.4 Å². The number of aromatic carboxylic acids is 1. The Labute approximate surface area is 112 Å². The van der Waals surface area contributed by atoms with E-state index in [1.54, 1.807) is 4.90 Å². The Balaban J connectivity index is 1.63. The SMILES string of the molecule is O=C(O)c1cn(C2CN(C(=O)c3cnccn3)C2)nn1. The molecule has 1 aliphatic rings. The second-order valence-corrected chi connectivity index (χ2v) is 4.34. The topological polar surface area (TPSA) is 114 Å². The number of hydrogen-bond acceptors (Lipinski definition) is 6. The molecule has 20 heavy (non-hydrogen) atoms. The lowest BCUT2D eigenvalue weighted by atomic mass is 10.1. The highest BCUT2D eigenvalue weighted by Gasteiger charge is 2.34. The average Bonchev–Trinajstić information content (AvgIpc) is 2.87. The first kappa shape index (κ1) is 12.2. The van der Waals surface area contributed by atoms with E-state index >= 15 is 0 Å². The lowest BCUT2D eigenvalue weighted by Crippen LogP contribution is -2.51. The van der Waals surface area contributed by atoms with E-state index in [0.717, 1.165) is 0 Å². The van der Waals surface area contributed by atoms with Crippen molar-refractivity contribution in [2.45, 2.75) is 6.04 Å². The largest absolute Gasteiger partial charge is 0.476 e. The molecule has 2 aromatic rings. The van der Waals surface area contributed by atoms with Gasteiger partial charge in [0.25, 0.3) is 5.91 Å². The molecule has 0 bridgehead atoms. The van der Waals surface area contributed by atoms with E-state index in [1.807, 2.05) is 0 Å². The fourth-order valence-electron chi connectivity index (χ4n) is 1.91. The molecular formula is C11H10N6O3. The van der Waals surface area contributed by atoms with Gasteiger partial charge >= 0.3 is 5.97 Å². The van der Waals surface area contributed by atoms with Gasteiger partial charge in [0, 0.05) is 25.5 Å². The minimum Gasteiger partial charge on any atom is -0.476 e. The van der Waals surface area contributed by atoms with E-state index in [-0.39, 0.29) is 23.3 Å². The highest BCUT2D eigenvalue weighted by Crippen LogP contribution is 2.21. The van der Waals surface area contributed by atoms with E-state index in [1.165, 1.54) is 29.5 Å². The molecule has 1 N–H and O–H groups in total. The molecule has 9 heteroatoms. The van der Waals surface area contributed by atoms with Crippen LogP contribution in [0.5, 0.6) is 0 Å². The van der Waals surface area contributed by atoms with Crippen LogP contribution in [0.2, 0.25) is 0 Å². The van der Waals surface area contributed by atoms with Crippen molar-refractivity contribution in [3.05, 3.63) is 36.2 Å². The maximum Gasteiger partial charge on any atom is 0.358 e. The van der Waals surface area contributed by atoms with Gasteiger partial charge in [0.15, 0.2) is 5.69 Å². The first-order valence-corrected chi connectivity index (χ1v) is 5.85. The first-order valence-electron chi connectivity index (χ1n) is 5.85. The van der Waals surface area contributed by atoms with Crippen molar-refractivity contribution in [1.29, 1.82) is 0 Å². The van der Waals surface area contributed by atoms with Gasteiger partial charge in [-0.05, 0) is 0 Å². The predicted octanol–water partition coefficient (Wildman–Crippen LogP) is -0.537. The molecule has 0 aromatic carbocycles. The number of amides is 1. The highest BCUT2D eigenvalue weighted by molar-refractivity contribution is 5.92. The third kappa shape index (κ3) is 2.09. The summed E-state index contributed by atoms with van der Waals surface area (Å²) in [6, 6.07) is -0.0591. The monoisotopic (exact) mass is 274 g/mol. The van der Waals surface area contributed by atoms with E-state index in [9.17, 15) is 9.59 Å². The Morgan fingerprint density at radius 2 is 2.05 bits per heavy atom. The molecule has 0 aliphatic carbocycles. The van der Waals surface area contributed by atoms with Crippen molar-refractivity contribution in [3.63, 3.8) is 0 Å². The van der Waals surface area contributed by atoms with Crippen molar-refractivity contribution in [1.82, 2.24) is 29.9 Å². The number of hydrogen-bond donors (Lipinski definition) is 1. The summed E-state index contributed by atoms with van der Waals surface area (Å²) in [4.78, 5) is 32.1. The Bertz CT molecular complexity index is 649. The van der Waals surface area contributed by atoms with E-state index < -0.39 is 5.97 Å². The fourth-order valence-corrected chi connectivity index (χ4v) is 1.91. The van der Waals surface area contributed by atoms with Crippen LogP contribution in [-0.2, 0) is 0 Å². The minimum absolute atomic E-state index is 0.0591. The zero-order valence-corrected chi connectivity index (χ0v) is 10.2. The van der Waals surface area contributed by atoms with Gasteiger partial charge in [0.2, 0.25) is 0 Å². The summed E-state index contributed by atoms with van der Waals surface area (Å²) in [6.07, 6.45) is 5.73. The van der Waals surface area contributed by atoms with Crippen LogP contribution in [0.3, 0.4) is 0 Å². The van der Waals surface area contributed by atoms with E-state index in [2.05, 4.69) is 20.3 Å². The molecule has 0 unspecified atom stereocenters. The smallest absolute Gasteiger partial charge is 0.358 e. The van der Waals surface area contributed by atoms with Crippen molar-refractivity contribution < 1.29 is 14.7 Å². The zero-order chi connectivity index (χ0) is 14.1. The molecular weight excluding hydrogens is 264 g/mol. The van der Waals surface area contributed by atoms with Gasteiger partial charge < -0.3 is 10.0 Å². The maximum atomic E-state index is 12.0. The molecule has 9 nitrogen and oxygen atoms in total. The maximum absolute atomic E-state index is 12.0. The Morgan fingerprint density at radius 3 is 2.65 bits per heavy atom. The number of aromatic nitrogens is 5. The molecule has 3 rings (SSSR count). The van der Waals surface area contributed by atoms with Gasteiger partial charge in [-0.1, -0.05) is 5.21 Å². The number of carbonyl (C=O) groups is 2. The lowest BCUT2D eigenvalue weighted by Gasteiger charge is -2.38. The number of carbonyl (C=O) groups excluding carboxylic acids is 1. The second-order valence-electron chi connectivity index (χ2n) is 4.34. The molecule has 0 saturated carbocycles. The van der Waals surface area contributed by atoms with Crippen LogP contribution in [0.1, 0.15) is 27.0 Å². The summed E-state index contributed by atoms with van der Waals surface area (Å²) < 4.78 is 1.46. The molecule has 1 saturated heterocycles. The summed E-state index contributed by atoms with van der Waals surface area (Å²) in [5, 5.41) is 16.0. The third-order valence-corrected chi connectivity index (χ3v) is 3.04. The van der Waals surface area contributed by atoms with Crippen molar-refractivity contribution in [2.75, 3.05) is 13.1 Å².